The Morgan fingerprint density at radius 1 is 1.43 bits per heavy atom. The number of aryl methyl sites for hydroxylation is 2. The quantitative estimate of drug-likeness (QED) is 0.821. The van der Waals surface area contributed by atoms with Crippen LogP contribution in [0.1, 0.15) is 18.1 Å². The Kier molecular flexibility index (Phi) is 6.02. The van der Waals surface area contributed by atoms with E-state index in [-0.39, 0.29) is 12.1 Å². The van der Waals surface area contributed by atoms with Crippen molar-refractivity contribution >= 4 is 6.03 Å². The first-order valence-corrected chi connectivity index (χ1v) is 7.74. The minimum Gasteiger partial charge on any atom is -0.491 e. The number of hydrogen-bond acceptors (Lipinski definition) is 3. The number of rotatable bonds is 7. The lowest BCUT2D eigenvalue weighted by molar-refractivity contribution is 0.226. The molecule has 6 heteroatoms. The predicted molar refractivity (Wildman–Crippen MR) is 89.6 cm³/mol. The minimum absolute atomic E-state index is 0.0751. The first kappa shape index (κ1) is 16.9. The van der Waals surface area contributed by atoms with Crippen LogP contribution in [-0.4, -0.2) is 35.0 Å². The van der Waals surface area contributed by atoms with Crippen LogP contribution in [0.5, 0.6) is 5.75 Å². The highest BCUT2D eigenvalue weighted by Crippen LogP contribution is 2.12. The number of nitrogens with zero attached hydrogens (tertiary/aromatic N) is 2. The normalized spacial score (nSPS) is 11.8. The van der Waals surface area contributed by atoms with Gasteiger partial charge in [0.2, 0.25) is 0 Å². The molecule has 2 N–H and O–H groups in total. The molecular weight excluding hydrogens is 292 g/mol. The van der Waals surface area contributed by atoms with Crippen LogP contribution in [0.2, 0.25) is 0 Å². The first-order valence-electron chi connectivity index (χ1n) is 7.74. The van der Waals surface area contributed by atoms with Gasteiger partial charge in [0.15, 0.2) is 0 Å². The smallest absolute Gasteiger partial charge is 0.315 e. The molecule has 0 spiro atoms. The maximum atomic E-state index is 11.8. The molecule has 0 fully saturated rings. The summed E-state index contributed by atoms with van der Waals surface area (Å²) in [5.74, 6) is 0.815. The Hall–Kier alpha value is -2.50. The molecule has 0 aliphatic heterocycles. The predicted octanol–water partition coefficient (Wildman–Crippen LogP) is 2.04. The van der Waals surface area contributed by atoms with Gasteiger partial charge in [-0.15, -0.1) is 0 Å². The van der Waals surface area contributed by atoms with Crippen molar-refractivity contribution in [1.29, 1.82) is 0 Å². The average Bonchev–Trinajstić information content (AvgIpc) is 2.91. The molecule has 0 saturated carbocycles. The zero-order chi connectivity index (χ0) is 16.7. The standard InChI is InChI=1S/C17H24N4O2/c1-13-5-4-6-16(9-13)23-12-14(2)20-17(22)18-8-7-15-10-19-21(3)11-15/h4-6,9-11,14H,7-8,12H2,1-3H3,(H2,18,20,22). The van der Waals surface area contributed by atoms with Gasteiger partial charge in [-0.05, 0) is 43.5 Å². The molecule has 0 saturated heterocycles. The van der Waals surface area contributed by atoms with Gasteiger partial charge in [0.05, 0.1) is 12.2 Å². The molecule has 1 atom stereocenters. The number of carbonyl (C=O) groups excluding carboxylic acids is 1. The van der Waals surface area contributed by atoms with E-state index in [4.69, 9.17) is 4.74 Å². The topological polar surface area (TPSA) is 68.2 Å². The molecule has 23 heavy (non-hydrogen) atoms. The molecule has 1 unspecified atom stereocenters. The third-order valence-electron chi connectivity index (χ3n) is 3.32. The lowest BCUT2D eigenvalue weighted by atomic mass is 10.2. The molecule has 2 aromatic rings. The van der Waals surface area contributed by atoms with Gasteiger partial charge in [-0.2, -0.15) is 5.10 Å². The largest absolute Gasteiger partial charge is 0.491 e. The summed E-state index contributed by atoms with van der Waals surface area (Å²) in [6.45, 7) is 4.93. The van der Waals surface area contributed by atoms with E-state index in [0.29, 0.717) is 13.2 Å². The summed E-state index contributed by atoms with van der Waals surface area (Å²) < 4.78 is 7.42. The fourth-order valence-electron chi connectivity index (χ4n) is 2.16. The van der Waals surface area contributed by atoms with E-state index in [1.807, 2.05) is 51.4 Å². The van der Waals surface area contributed by atoms with Gasteiger partial charge in [0.1, 0.15) is 12.4 Å². The van der Waals surface area contributed by atoms with Crippen LogP contribution in [0.3, 0.4) is 0 Å². The Balaban J connectivity index is 1.64. The molecule has 6 nitrogen and oxygen atoms in total. The molecule has 0 bridgehead atoms. The van der Waals surface area contributed by atoms with E-state index in [1.165, 1.54) is 0 Å². The third kappa shape index (κ3) is 6.02. The maximum absolute atomic E-state index is 11.8. The van der Waals surface area contributed by atoms with Crippen LogP contribution >= 0.6 is 0 Å². The summed E-state index contributed by atoms with van der Waals surface area (Å²) in [5.41, 5.74) is 2.25. The first-order chi connectivity index (χ1) is 11.0. The molecular formula is C17H24N4O2. The van der Waals surface area contributed by atoms with E-state index in [0.717, 1.165) is 23.3 Å². The van der Waals surface area contributed by atoms with Crippen LogP contribution in [0, 0.1) is 6.92 Å². The number of benzene rings is 1. The van der Waals surface area contributed by atoms with E-state index in [9.17, 15) is 4.79 Å². The highest BCUT2D eigenvalue weighted by molar-refractivity contribution is 5.74. The van der Waals surface area contributed by atoms with Crippen LogP contribution in [0.25, 0.3) is 0 Å². The molecule has 1 aromatic carbocycles. The summed E-state index contributed by atoms with van der Waals surface area (Å²) in [5, 5.41) is 9.79. The molecule has 0 aliphatic carbocycles. The zero-order valence-electron chi connectivity index (χ0n) is 13.9. The average molecular weight is 316 g/mol. The molecule has 1 aromatic heterocycles. The number of amides is 2. The van der Waals surface area contributed by atoms with Gasteiger partial charge in [0, 0.05) is 19.8 Å². The number of urea groups is 1. The van der Waals surface area contributed by atoms with E-state index >= 15 is 0 Å². The van der Waals surface area contributed by atoms with Crippen LogP contribution < -0.4 is 15.4 Å². The fraction of sp³-hybridized carbons (Fsp3) is 0.412. The van der Waals surface area contributed by atoms with Crippen molar-refractivity contribution in [3.63, 3.8) is 0 Å². The van der Waals surface area contributed by atoms with Gasteiger partial charge < -0.3 is 15.4 Å². The molecule has 0 radical (unpaired) electrons. The van der Waals surface area contributed by atoms with Gasteiger partial charge in [-0.3, -0.25) is 4.68 Å². The lowest BCUT2D eigenvalue weighted by Crippen LogP contribution is -2.43. The number of carbonyl (C=O) groups is 1. The Bertz CT molecular complexity index is 639. The van der Waals surface area contributed by atoms with Crippen molar-refractivity contribution in [3.05, 3.63) is 47.8 Å². The summed E-state index contributed by atoms with van der Waals surface area (Å²) in [6.07, 6.45) is 4.51. The van der Waals surface area contributed by atoms with E-state index in [1.54, 1.807) is 10.9 Å². The molecule has 1 heterocycles. The van der Waals surface area contributed by atoms with Crippen molar-refractivity contribution in [2.75, 3.05) is 13.2 Å². The second-order valence-corrected chi connectivity index (χ2v) is 5.70. The fourth-order valence-corrected chi connectivity index (χ4v) is 2.16. The Morgan fingerprint density at radius 2 is 2.26 bits per heavy atom. The lowest BCUT2D eigenvalue weighted by Gasteiger charge is -2.15. The van der Waals surface area contributed by atoms with Gasteiger partial charge in [-0.25, -0.2) is 4.79 Å². The molecule has 2 amide bonds. The number of aromatic nitrogens is 2. The highest BCUT2D eigenvalue weighted by atomic mass is 16.5. The van der Waals surface area contributed by atoms with Crippen molar-refractivity contribution in [2.45, 2.75) is 26.3 Å². The SMILES string of the molecule is Cc1cccc(OCC(C)NC(=O)NCCc2cnn(C)c2)c1. The maximum Gasteiger partial charge on any atom is 0.315 e. The van der Waals surface area contributed by atoms with Gasteiger partial charge in [0.25, 0.3) is 0 Å². The van der Waals surface area contributed by atoms with Gasteiger partial charge >= 0.3 is 6.03 Å². The van der Waals surface area contributed by atoms with Crippen molar-refractivity contribution in [1.82, 2.24) is 20.4 Å². The van der Waals surface area contributed by atoms with Gasteiger partial charge in [-0.1, -0.05) is 12.1 Å². The summed E-state index contributed by atoms with van der Waals surface area (Å²) in [6, 6.07) is 7.59. The zero-order valence-corrected chi connectivity index (χ0v) is 13.9. The van der Waals surface area contributed by atoms with E-state index < -0.39 is 0 Å². The van der Waals surface area contributed by atoms with Crippen LogP contribution in [0.15, 0.2) is 36.7 Å². The van der Waals surface area contributed by atoms with Crippen molar-refractivity contribution < 1.29 is 9.53 Å². The number of ether oxygens (including phenoxy) is 1. The Labute approximate surface area is 136 Å². The second-order valence-electron chi connectivity index (χ2n) is 5.70. The van der Waals surface area contributed by atoms with Crippen LogP contribution in [-0.2, 0) is 13.5 Å². The summed E-state index contributed by atoms with van der Waals surface area (Å²) >= 11 is 0. The highest BCUT2D eigenvalue weighted by Gasteiger charge is 2.08. The van der Waals surface area contributed by atoms with Crippen molar-refractivity contribution in [2.24, 2.45) is 7.05 Å². The summed E-state index contributed by atoms with van der Waals surface area (Å²) in [4.78, 5) is 11.8. The second kappa shape index (κ2) is 8.22. The van der Waals surface area contributed by atoms with Crippen molar-refractivity contribution in [3.8, 4) is 5.75 Å². The Morgan fingerprint density at radius 3 is 2.96 bits per heavy atom. The minimum atomic E-state index is -0.186. The number of nitrogens with one attached hydrogen (secondary N) is 2. The molecule has 124 valence electrons. The van der Waals surface area contributed by atoms with E-state index in [2.05, 4.69) is 15.7 Å². The summed E-state index contributed by atoms with van der Waals surface area (Å²) in [7, 11) is 1.87. The third-order valence-corrected chi connectivity index (χ3v) is 3.32. The number of hydrogen-bond donors (Lipinski definition) is 2. The molecule has 0 aliphatic rings. The monoisotopic (exact) mass is 316 g/mol. The molecule has 2 rings (SSSR count). The van der Waals surface area contributed by atoms with Crippen LogP contribution in [0.4, 0.5) is 4.79 Å².